The van der Waals surface area contributed by atoms with E-state index < -0.39 is 6.29 Å². The Labute approximate surface area is 201 Å². The van der Waals surface area contributed by atoms with Crippen LogP contribution >= 0.6 is 0 Å². The lowest BCUT2D eigenvalue weighted by molar-refractivity contribution is -0.168. The normalized spacial score (nSPS) is 13.5. The van der Waals surface area contributed by atoms with Crippen LogP contribution in [0.2, 0.25) is 0 Å². The number of ether oxygens (including phenoxy) is 2. The summed E-state index contributed by atoms with van der Waals surface area (Å²) >= 11 is 0. The van der Waals surface area contributed by atoms with Gasteiger partial charge in [0.15, 0.2) is 6.29 Å². The fourth-order valence-electron chi connectivity index (χ4n) is 4.48. The quantitative estimate of drug-likeness (QED) is 0.252. The Morgan fingerprint density at radius 2 is 1.53 bits per heavy atom. The summed E-state index contributed by atoms with van der Waals surface area (Å²) in [5, 5.41) is 10.9. The fraction of sp³-hybridized carbons (Fsp3) is 0.346. The molecule has 1 atom stereocenters. The number of carbonyl (C=O) groups is 1. The molecule has 0 radical (unpaired) electrons. The number of amides is 1. The largest absolute Gasteiger partial charge is 0.408 e. The Morgan fingerprint density at radius 3 is 2.12 bits per heavy atom. The summed E-state index contributed by atoms with van der Waals surface area (Å²) in [7, 11) is 3.13. The molecule has 3 aromatic rings. The van der Waals surface area contributed by atoms with Crippen LogP contribution in [0.25, 0.3) is 10.8 Å². The molecule has 178 valence electrons. The van der Waals surface area contributed by atoms with E-state index in [1.807, 2.05) is 44.2 Å². The maximum atomic E-state index is 13.0. The zero-order valence-electron chi connectivity index (χ0n) is 20.2. The number of benzene rings is 3. The summed E-state index contributed by atoms with van der Waals surface area (Å²) in [6, 6.07) is 20.6. The summed E-state index contributed by atoms with van der Waals surface area (Å²) in [5.74, 6) is -0.290. The molecule has 3 aromatic carbocycles. The molecule has 0 bridgehead atoms. The highest BCUT2D eigenvalue weighted by atomic mass is 16.7. The Bertz CT molecular complexity index is 1100. The number of rotatable bonds is 10. The van der Waals surface area contributed by atoms with Crippen LogP contribution < -0.4 is 10.5 Å². The van der Waals surface area contributed by atoms with Gasteiger partial charge in [0.25, 0.3) is 0 Å². The monoisotopic (exact) mass is 461 g/mol. The second kappa shape index (κ2) is 10.9. The molecule has 2 N–H and O–H groups in total. The van der Waals surface area contributed by atoms with Gasteiger partial charge >= 0.3 is 6.98 Å². The highest BCUT2D eigenvalue weighted by Gasteiger charge is 2.35. The third-order valence-electron chi connectivity index (χ3n) is 6.20. The van der Waals surface area contributed by atoms with Gasteiger partial charge in [0.2, 0.25) is 5.91 Å². The second-order valence-electron chi connectivity index (χ2n) is 8.27. The van der Waals surface area contributed by atoms with E-state index in [4.69, 9.17) is 14.3 Å². The minimum Gasteiger partial charge on any atom is -0.408 e. The topological polar surface area (TPSA) is 72.1 Å². The van der Waals surface area contributed by atoms with E-state index >= 15 is 0 Å². The number of nitrogens with zero attached hydrogens (tertiary/aromatic N) is 1. The van der Waals surface area contributed by atoms with Gasteiger partial charge in [-0.25, -0.2) is 5.06 Å². The van der Waals surface area contributed by atoms with Gasteiger partial charge in [0.1, 0.15) is 0 Å². The standard InChI is InChI=1S/C26H32BN3O4/c1-5-33-26(34-6-2)20-13-7-12-19(16-20)21(17-24(31)30(3)32-4)27-28-22-14-8-10-18-11-9-15-23(29-27)25(18)22/h7-16,21,26,28-29H,5-6,17H2,1-4H3/t21-/m1/s1. The maximum Gasteiger partial charge on any atom is 0.378 e. The van der Waals surface area contributed by atoms with Crippen molar-refractivity contribution < 1.29 is 19.1 Å². The molecule has 0 spiro atoms. The Morgan fingerprint density at radius 1 is 0.941 bits per heavy atom. The minimum absolute atomic E-state index is 0.107. The molecule has 1 amide bonds. The van der Waals surface area contributed by atoms with Crippen LogP contribution in [0, 0.1) is 0 Å². The number of hydroxylamine groups is 2. The molecule has 1 heterocycles. The predicted octanol–water partition coefficient (Wildman–Crippen LogP) is 4.97. The van der Waals surface area contributed by atoms with E-state index in [1.54, 1.807) is 7.05 Å². The van der Waals surface area contributed by atoms with Crippen LogP contribution in [0.15, 0.2) is 60.7 Å². The lowest BCUT2D eigenvalue weighted by atomic mass is 9.56. The van der Waals surface area contributed by atoms with Gasteiger partial charge in [0.05, 0.1) is 7.11 Å². The molecule has 0 aromatic heterocycles. The first-order valence-corrected chi connectivity index (χ1v) is 11.7. The van der Waals surface area contributed by atoms with Crippen molar-refractivity contribution in [2.75, 3.05) is 37.8 Å². The molecule has 34 heavy (non-hydrogen) atoms. The van der Waals surface area contributed by atoms with Gasteiger partial charge < -0.3 is 19.9 Å². The molecular weight excluding hydrogens is 429 g/mol. The Balaban J connectivity index is 1.71. The molecular formula is C26H32BN3O4. The zero-order chi connectivity index (χ0) is 24.1. The van der Waals surface area contributed by atoms with Crippen LogP contribution in [0.3, 0.4) is 0 Å². The van der Waals surface area contributed by atoms with E-state index in [1.165, 1.54) is 17.6 Å². The third-order valence-corrected chi connectivity index (χ3v) is 6.20. The van der Waals surface area contributed by atoms with Gasteiger partial charge in [-0.1, -0.05) is 48.5 Å². The van der Waals surface area contributed by atoms with Crippen molar-refractivity contribution in [3.05, 3.63) is 71.8 Å². The van der Waals surface area contributed by atoms with Crippen molar-refractivity contribution in [1.82, 2.24) is 5.06 Å². The van der Waals surface area contributed by atoms with Crippen molar-refractivity contribution in [1.29, 1.82) is 0 Å². The van der Waals surface area contributed by atoms with Gasteiger partial charge in [-0.2, -0.15) is 0 Å². The van der Waals surface area contributed by atoms with Crippen molar-refractivity contribution >= 4 is 35.0 Å². The van der Waals surface area contributed by atoms with E-state index in [-0.39, 0.29) is 25.1 Å². The van der Waals surface area contributed by atoms with E-state index in [0.29, 0.717) is 13.2 Å². The number of carbonyl (C=O) groups excluding carboxylic acids is 1. The molecule has 0 fully saturated rings. The molecule has 0 saturated carbocycles. The lowest BCUT2D eigenvalue weighted by Gasteiger charge is -2.32. The van der Waals surface area contributed by atoms with Crippen molar-refractivity contribution in [3.63, 3.8) is 0 Å². The number of hydrogen-bond donors (Lipinski definition) is 2. The minimum atomic E-state index is -0.449. The van der Waals surface area contributed by atoms with E-state index in [9.17, 15) is 4.79 Å². The first-order valence-electron chi connectivity index (χ1n) is 11.7. The summed E-state index contributed by atoms with van der Waals surface area (Å²) < 4.78 is 11.6. The smallest absolute Gasteiger partial charge is 0.378 e. The highest BCUT2D eigenvalue weighted by molar-refractivity contribution is 6.69. The van der Waals surface area contributed by atoms with E-state index in [2.05, 4.69) is 40.8 Å². The van der Waals surface area contributed by atoms with Crippen LogP contribution in [-0.4, -0.2) is 45.3 Å². The zero-order valence-corrected chi connectivity index (χ0v) is 20.2. The van der Waals surface area contributed by atoms with Crippen LogP contribution in [0.5, 0.6) is 0 Å². The number of anilines is 2. The van der Waals surface area contributed by atoms with Gasteiger partial charge in [-0.05, 0) is 36.9 Å². The van der Waals surface area contributed by atoms with Crippen molar-refractivity contribution in [2.45, 2.75) is 32.4 Å². The number of hydrogen-bond acceptors (Lipinski definition) is 6. The molecule has 0 aliphatic carbocycles. The fourth-order valence-corrected chi connectivity index (χ4v) is 4.48. The highest BCUT2D eigenvalue weighted by Crippen LogP contribution is 2.37. The molecule has 8 heteroatoms. The molecule has 7 nitrogen and oxygen atoms in total. The van der Waals surface area contributed by atoms with Gasteiger partial charge in [-0.3, -0.25) is 9.63 Å². The first-order chi connectivity index (χ1) is 16.5. The lowest BCUT2D eigenvalue weighted by Crippen LogP contribution is -2.45. The summed E-state index contributed by atoms with van der Waals surface area (Å²) in [6.45, 7) is 4.78. The van der Waals surface area contributed by atoms with Crippen molar-refractivity contribution in [3.8, 4) is 0 Å². The average Bonchev–Trinajstić information content (AvgIpc) is 2.86. The van der Waals surface area contributed by atoms with Gasteiger partial charge in [-0.15, -0.1) is 0 Å². The molecule has 0 unspecified atom stereocenters. The second-order valence-corrected chi connectivity index (χ2v) is 8.27. The third kappa shape index (κ3) is 5.04. The summed E-state index contributed by atoms with van der Waals surface area (Å²) in [6.07, 6.45) is -0.195. The molecule has 0 saturated heterocycles. The number of nitrogens with one attached hydrogen (secondary N) is 2. The first kappa shape index (κ1) is 24.1. The van der Waals surface area contributed by atoms with E-state index in [0.717, 1.165) is 27.9 Å². The summed E-state index contributed by atoms with van der Waals surface area (Å²) in [5.41, 5.74) is 4.03. The molecule has 1 aliphatic rings. The predicted molar refractivity (Wildman–Crippen MR) is 137 cm³/mol. The van der Waals surface area contributed by atoms with Crippen LogP contribution in [-0.2, 0) is 19.1 Å². The molecule has 1 aliphatic heterocycles. The maximum absolute atomic E-state index is 13.0. The Kier molecular flexibility index (Phi) is 7.72. The van der Waals surface area contributed by atoms with Crippen LogP contribution in [0.4, 0.5) is 11.4 Å². The molecule has 4 rings (SSSR count). The van der Waals surface area contributed by atoms with Crippen LogP contribution in [0.1, 0.15) is 43.5 Å². The Hall–Kier alpha value is -3.07. The van der Waals surface area contributed by atoms with Gasteiger partial charge in [0, 0.05) is 54.8 Å². The summed E-state index contributed by atoms with van der Waals surface area (Å²) in [4.78, 5) is 18.1. The SMILES string of the molecule is CCOC(OCC)c1cccc([C@@H](CC(=O)N(C)OC)B2Nc3cccc4cccc(c34)N2)c1. The van der Waals surface area contributed by atoms with Crippen molar-refractivity contribution in [2.24, 2.45) is 0 Å². The average molecular weight is 461 g/mol.